The summed E-state index contributed by atoms with van der Waals surface area (Å²) in [5, 5.41) is 9.95. The number of carbonyl (C=O) groups is 1. The van der Waals surface area contributed by atoms with Crippen LogP contribution in [0.1, 0.15) is 23.9 Å². The summed E-state index contributed by atoms with van der Waals surface area (Å²) < 4.78 is 10.5. The Kier molecular flexibility index (Phi) is 3.97. The van der Waals surface area contributed by atoms with Crippen LogP contribution in [0.15, 0.2) is 47.1 Å². The second kappa shape index (κ2) is 6.43. The molecule has 2 atom stereocenters. The largest absolute Gasteiger partial charge is 0.497 e. The lowest BCUT2D eigenvalue weighted by atomic mass is 10.2. The number of ether oxygens (including phenoxy) is 1. The van der Waals surface area contributed by atoms with Crippen LogP contribution in [0.25, 0.3) is 11.4 Å². The molecule has 7 nitrogen and oxygen atoms in total. The van der Waals surface area contributed by atoms with Gasteiger partial charge in [-0.2, -0.15) is 5.10 Å². The Morgan fingerprint density at radius 3 is 2.92 bits per heavy atom. The molecule has 0 radical (unpaired) electrons. The van der Waals surface area contributed by atoms with Crippen molar-refractivity contribution in [3.8, 4) is 17.1 Å². The Labute approximate surface area is 144 Å². The second-order valence-corrected chi connectivity index (χ2v) is 6.02. The highest BCUT2D eigenvalue weighted by atomic mass is 16.5. The van der Waals surface area contributed by atoms with Gasteiger partial charge >= 0.3 is 0 Å². The average Bonchev–Trinajstić information content (AvgIpc) is 3.06. The molecule has 25 heavy (non-hydrogen) atoms. The number of H-pyrrole nitrogens is 1. The van der Waals surface area contributed by atoms with Gasteiger partial charge in [0.1, 0.15) is 17.3 Å². The summed E-state index contributed by atoms with van der Waals surface area (Å²) in [4.78, 5) is 16.6. The minimum Gasteiger partial charge on any atom is -0.497 e. The van der Waals surface area contributed by atoms with Crippen LogP contribution in [-0.2, 0) is 11.3 Å². The summed E-state index contributed by atoms with van der Waals surface area (Å²) in [5.41, 5.74) is 0.884. The van der Waals surface area contributed by atoms with E-state index in [1.807, 2.05) is 36.4 Å². The number of aromatic nitrogens is 3. The molecule has 128 valence electrons. The standard InChI is InChI=1S/C18H18N4O3/c1-24-12-6-4-11(5-7-12)17-20-16(21-22-17)10-19-18(23)14-9-13(14)15-3-2-8-25-15/h2-8,13-14H,9-10H2,1H3,(H,19,23)(H,20,21,22)/t13-,14+/m0/s1. The molecule has 1 fully saturated rings. The molecule has 0 spiro atoms. The quantitative estimate of drug-likeness (QED) is 0.720. The van der Waals surface area contributed by atoms with E-state index in [4.69, 9.17) is 9.15 Å². The third-order valence-corrected chi connectivity index (χ3v) is 4.35. The third kappa shape index (κ3) is 3.26. The van der Waals surface area contributed by atoms with E-state index in [-0.39, 0.29) is 17.7 Å². The molecule has 0 bridgehead atoms. The van der Waals surface area contributed by atoms with Crippen molar-refractivity contribution >= 4 is 5.91 Å². The zero-order chi connectivity index (χ0) is 17.2. The third-order valence-electron chi connectivity index (χ3n) is 4.35. The highest BCUT2D eigenvalue weighted by Crippen LogP contribution is 2.47. The molecule has 1 aliphatic rings. The lowest BCUT2D eigenvalue weighted by Gasteiger charge is -2.01. The molecular formula is C18H18N4O3. The van der Waals surface area contributed by atoms with Crippen molar-refractivity contribution in [1.82, 2.24) is 20.5 Å². The van der Waals surface area contributed by atoms with Crippen LogP contribution in [0.2, 0.25) is 0 Å². The number of nitrogens with zero attached hydrogens (tertiary/aromatic N) is 2. The zero-order valence-electron chi connectivity index (χ0n) is 13.7. The Hall–Kier alpha value is -3.09. The van der Waals surface area contributed by atoms with Gasteiger partial charge < -0.3 is 14.5 Å². The van der Waals surface area contributed by atoms with E-state index >= 15 is 0 Å². The molecule has 7 heteroatoms. The number of carbonyl (C=O) groups excluding carboxylic acids is 1. The number of hydrogen-bond donors (Lipinski definition) is 2. The van der Waals surface area contributed by atoms with E-state index < -0.39 is 0 Å². The number of rotatable bonds is 6. The van der Waals surface area contributed by atoms with Crippen LogP contribution in [0, 0.1) is 5.92 Å². The van der Waals surface area contributed by atoms with E-state index in [1.54, 1.807) is 13.4 Å². The predicted octanol–water partition coefficient (Wildman–Crippen LogP) is 2.49. The van der Waals surface area contributed by atoms with Crippen molar-refractivity contribution < 1.29 is 13.9 Å². The molecule has 3 aromatic rings. The number of nitrogens with one attached hydrogen (secondary N) is 2. The van der Waals surface area contributed by atoms with Gasteiger partial charge in [0.2, 0.25) is 5.91 Å². The summed E-state index contributed by atoms with van der Waals surface area (Å²) in [6.07, 6.45) is 2.46. The molecule has 1 amide bonds. The van der Waals surface area contributed by atoms with E-state index in [0.29, 0.717) is 18.2 Å². The molecule has 4 rings (SSSR count). The monoisotopic (exact) mass is 338 g/mol. The molecule has 0 aliphatic heterocycles. The van der Waals surface area contributed by atoms with Crippen LogP contribution in [-0.4, -0.2) is 28.2 Å². The van der Waals surface area contributed by atoms with Crippen LogP contribution in [0.4, 0.5) is 0 Å². The molecule has 1 aliphatic carbocycles. The number of benzene rings is 1. The van der Waals surface area contributed by atoms with Crippen LogP contribution >= 0.6 is 0 Å². The highest BCUT2D eigenvalue weighted by Gasteiger charge is 2.45. The zero-order valence-corrected chi connectivity index (χ0v) is 13.7. The van der Waals surface area contributed by atoms with Crippen LogP contribution in [0.3, 0.4) is 0 Å². The first kappa shape index (κ1) is 15.4. The van der Waals surface area contributed by atoms with Gasteiger partial charge in [-0.25, -0.2) is 4.98 Å². The fourth-order valence-corrected chi connectivity index (χ4v) is 2.85. The molecule has 2 N–H and O–H groups in total. The second-order valence-electron chi connectivity index (χ2n) is 6.02. The maximum atomic E-state index is 12.2. The first-order chi connectivity index (χ1) is 12.2. The first-order valence-corrected chi connectivity index (χ1v) is 8.11. The van der Waals surface area contributed by atoms with Gasteiger partial charge in [0.15, 0.2) is 5.82 Å². The fourth-order valence-electron chi connectivity index (χ4n) is 2.85. The number of hydrogen-bond acceptors (Lipinski definition) is 5. The van der Waals surface area contributed by atoms with Crippen molar-refractivity contribution in [3.05, 3.63) is 54.2 Å². The van der Waals surface area contributed by atoms with Crippen molar-refractivity contribution in [2.75, 3.05) is 7.11 Å². The molecule has 2 heterocycles. The fraction of sp³-hybridized carbons (Fsp3) is 0.278. The topological polar surface area (TPSA) is 93.0 Å². The minimum atomic E-state index is -0.0184. The Balaban J connectivity index is 1.33. The van der Waals surface area contributed by atoms with E-state index in [1.165, 1.54) is 0 Å². The van der Waals surface area contributed by atoms with Crippen molar-refractivity contribution in [3.63, 3.8) is 0 Å². The molecule has 0 saturated heterocycles. The first-order valence-electron chi connectivity index (χ1n) is 8.11. The summed E-state index contributed by atoms with van der Waals surface area (Å²) in [6.45, 7) is 0.323. The van der Waals surface area contributed by atoms with E-state index in [0.717, 1.165) is 23.5 Å². The highest BCUT2D eigenvalue weighted by molar-refractivity contribution is 5.82. The van der Waals surface area contributed by atoms with Crippen molar-refractivity contribution in [1.29, 1.82) is 0 Å². The Morgan fingerprint density at radius 1 is 1.36 bits per heavy atom. The summed E-state index contributed by atoms with van der Waals surface area (Å²) >= 11 is 0. The van der Waals surface area contributed by atoms with Crippen LogP contribution < -0.4 is 10.1 Å². The summed E-state index contributed by atoms with van der Waals surface area (Å²) in [6, 6.07) is 11.3. The minimum absolute atomic E-state index is 0.0174. The molecule has 2 aromatic heterocycles. The predicted molar refractivity (Wildman–Crippen MR) is 89.8 cm³/mol. The molecule has 1 aromatic carbocycles. The maximum absolute atomic E-state index is 12.2. The molecule has 0 unspecified atom stereocenters. The van der Waals surface area contributed by atoms with Gasteiger partial charge in [-0.3, -0.25) is 9.89 Å². The maximum Gasteiger partial charge on any atom is 0.224 e. The Morgan fingerprint density at radius 2 is 2.20 bits per heavy atom. The van der Waals surface area contributed by atoms with Gasteiger partial charge in [-0.15, -0.1) is 0 Å². The SMILES string of the molecule is COc1ccc(-c2n[nH]c(CNC(=O)[C@@H]3C[C@@H]3c3ccco3)n2)cc1. The smallest absolute Gasteiger partial charge is 0.224 e. The lowest BCUT2D eigenvalue weighted by Crippen LogP contribution is -2.25. The van der Waals surface area contributed by atoms with Gasteiger partial charge in [0.05, 0.1) is 19.9 Å². The van der Waals surface area contributed by atoms with Gasteiger partial charge in [-0.05, 0) is 42.8 Å². The van der Waals surface area contributed by atoms with Gasteiger partial charge in [0, 0.05) is 17.4 Å². The Bertz CT molecular complexity index is 855. The molecule has 1 saturated carbocycles. The van der Waals surface area contributed by atoms with Gasteiger partial charge in [0.25, 0.3) is 0 Å². The normalized spacial score (nSPS) is 18.8. The summed E-state index contributed by atoms with van der Waals surface area (Å²) in [5.74, 6) is 3.06. The lowest BCUT2D eigenvalue weighted by molar-refractivity contribution is -0.122. The van der Waals surface area contributed by atoms with Crippen LogP contribution in [0.5, 0.6) is 5.75 Å². The number of amides is 1. The number of methoxy groups -OCH3 is 1. The van der Waals surface area contributed by atoms with E-state index in [2.05, 4.69) is 20.5 Å². The van der Waals surface area contributed by atoms with Crippen molar-refractivity contribution in [2.45, 2.75) is 18.9 Å². The van der Waals surface area contributed by atoms with Gasteiger partial charge in [-0.1, -0.05) is 0 Å². The van der Waals surface area contributed by atoms with Crippen molar-refractivity contribution in [2.24, 2.45) is 5.92 Å². The average molecular weight is 338 g/mol. The number of furan rings is 1. The number of aromatic amines is 1. The van der Waals surface area contributed by atoms with E-state index in [9.17, 15) is 4.79 Å². The molecular weight excluding hydrogens is 320 g/mol. The summed E-state index contributed by atoms with van der Waals surface area (Å²) in [7, 11) is 1.62.